The number of benzene rings is 2. The number of rotatable bonds is 2. The average molecular weight is 269 g/mol. The molecule has 5 nitrogen and oxygen atoms in total. The summed E-state index contributed by atoms with van der Waals surface area (Å²) in [5, 5.41) is 19.1. The molecule has 0 aliphatic carbocycles. The van der Waals surface area contributed by atoms with Gasteiger partial charge in [0.15, 0.2) is 5.58 Å². The van der Waals surface area contributed by atoms with E-state index in [0.717, 1.165) is 5.56 Å². The van der Waals surface area contributed by atoms with Gasteiger partial charge >= 0.3 is 5.97 Å². The normalized spacial score (nSPS) is 10.8. The summed E-state index contributed by atoms with van der Waals surface area (Å²) >= 11 is 0. The zero-order valence-corrected chi connectivity index (χ0v) is 10.6. The first kappa shape index (κ1) is 12.2. The van der Waals surface area contributed by atoms with Crippen LogP contribution in [0.15, 0.2) is 40.8 Å². The van der Waals surface area contributed by atoms with Crippen LogP contribution in [0.25, 0.3) is 22.6 Å². The standard InChI is InChI=1S/C15H11NO4/c1-8-4-2-6-10(17)12(8)14-16-13-9(15(18)19)5-3-7-11(13)20-14/h2-7,17H,1H3,(H,18,19). The molecular weight excluding hydrogens is 258 g/mol. The molecule has 5 heteroatoms. The van der Waals surface area contributed by atoms with Gasteiger partial charge in [0.05, 0.1) is 11.1 Å². The Bertz CT molecular complexity index is 800. The van der Waals surface area contributed by atoms with Crippen LogP contribution in [0.3, 0.4) is 0 Å². The van der Waals surface area contributed by atoms with Crippen molar-refractivity contribution < 1.29 is 19.4 Å². The SMILES string of the molecule is Cc1cccc(O)c1-c1nc2c(C(=O)O)cccc2o1. The summed E-state index contributed by atoms with van der Waals surface area (Å²) in [7, 11) is 0. The highest BCUT2D eigenvalue weighted by Gasteiger charge is 2.18. The molecule has 1 heterocycles. The van der Waals surface area contributed by atoms with Crippen LogP contribution < -0.4 is 0 Å². The molecule has 0 saturated heterocycles. The van der Waals surface area contributed by atoms with Crippen LogP contribution in [0.1, 0.15) is 15.9 Å². The summed E-state index contributed by atoms with van der Waals surface area (Å²) in [6.07, 6.45) is 0. The fourth-order valence-corrected chi connectivity index (χ4v) is 2.16. The molecule has 1 aromatic heterocycles. The molecule has 0 spiro atoms. The topological polar surface area (TPSA) is 83.6 Å². The summed E-state index contributed by atoms with van der Waals surface area (Å²) in [5.41, 5.74) is 2.00. The minimum atomic E-state index is -1.07. The van der Waals surface area contributed by atoms with Gasteiger partial charge in [-0.15, -0.1) is 0 Å². The van der Waals surface area contributed by atoms with Crippen molar-refractivity contribution in [3.8, 4) is 17.2 Å². The summed E-state index contributed by atoms with van der Waals surface area (Å²) in [5.74, 6) is -0.804. The molecule has 0 unspecified atom stereocenters. The van der Waals surface area contributed by atoms with Crippen molar-refractivity contribution in [1.29, 1.82) is 0 Å². The first-order chi connectivity index (χ1) is 9.58. The molecule has 3 rings (SSSR count). The minimum absolute atomic E-state index is 0.0495. The zero-order chi connectivity index (χ0) is 14.3. The Balaban J connectivity index is 2.29. The number of aromatic hydroxyl groups is 1. The number of phenols is 1. The molecule has 3 aromatic rings. The lowest BCUT2D eigenvalue weighted by Gasteiger charge is -2.03. The lowest BCUT2D eigenvalue weighted by molar-refractivity contribution is 0.0699. The van der Waals surface area contributed by atoms with Gasteiger partial charge in [-0.05, 0) is 30.7 Å². The molecule has 0 aliphatic rings. The van der Waals surface area contributed by atoms with E-state index in [4.69, 9.17) is 9.52 Å². The number of phenolic OH excluding ortho intramolecular Hbond substituents is 1. The third-order valence-electron chi connectivity index (χ3n) is 3.11. The van der Waals surface area contributed by atoms with Crippen LogP contribution in [0, 0.1) is 6.92 Å². The molecule has 0 saturated carbocycles. The number of hydrogen-bond acceptors (Lipinski definition) is 4. The number of hydrogen-bond donors (Lipinski definition) is 2. The number of carboxylic acid groups (broad SMARTS) is 1. The molecule has 2 aromatic carbocycles. The number of carboxylic acids is 1. The van der Waals surface area contributed by atoms with Gasteiger partial charge in [0.25, 0.3) is 0 Å². The second kappa shape index (κ2) is 4.38. The third-order valence-corrected chi connectivity index (χ3v) is 3.11. The number of nitrogens with zero attached hydrogens (tertiary/aromatic N) is 1. The lowest BCUT2D eigenvalue weighted by Crippen LogP contribution is -1.96. The quantitative estimate of drug-likeness (QED) is 0.746. The van der Waals surface area contributed by atoms with Gasteiger partial charge in [0.1, 0.15) is 11.3 Å². The van der Waals surface area contributed by atoms with Crippen molar-refractivity contribution in [2.75, 3.05) is 0 Å². The first-order valence-electron chi connectivity index (χ1n) is 5.99. The van der Waals surface area contributed by atoms with Crippen molar-refractivity contribution in [2.45, 2.75) is 6.92 Å². The fourth-order valence-electron chi connectivity index (χ4n) is 2.16. The van der Waals surface area contributed by atoms with Crippen molar-refractivity contribution in [3.63, 3.8) is 0 Å². The minimum Gasteiger partial charge on any atom is -0.507 e. The number of fused-ring (bicyclic) bond motifs is 1. The third kappa shape index (κ3) is 1.80. The Morgan fingerprint density at radius 3 is 2.65 bits per heavy atom. The van der Waals surface area contributed by atoms with E-state index in [1.54, 1.807) is 18.2 Å². The van der Waals surface area contributed by atoms with E-state index in [2.05, 4.69) is 4.98 Å². The van der Waals surface area contributed by atoms with Gasteiger partial charge in [-0.25, -0.2) is 9.78 Å². The lowest BCUT2D eigenvalue weighted by atomic mass is 10.1. The fraction of sp³-hybridized carbons (Fsp3) is 0.0667. The van der Waals surface area contributed by atoms with Crippen LogP contribution in [-0.4, -0.2) is 21.2 Å². The number of aromatic nitrogens is 1. The predicted octanol–water partition coefficient (Wildman–Crippen LogP) is 3.21. The number of aromatic carboxylic acids is 1. The molecule has 0 amide bonds. The van der Waals surface area contributed by atoms with Gasteiger partial charge in [-0.1, -0.05) is 18.2 Å². The molecule has 100 valence electrons. The summed E-state index contributed by atoms with van der Waals surface area (Å²) in [6.45, 7) is 1.82. The molecule has 20 heavy (non-hydrogen) atoms. The van der Waals surface area contributed by atoms with Crippen LogP contribution >= 0.6 is 0 Å². The Morgan fingerprint density at radius 1 is 1.20 bits per heavy atom. The van der Waals surface area contributed by atoms with Crippen molar-refractivity contribution in [3.05, 3.63) is 47.5 Å². The molecule has 2 N–H and O–H groups in total. The highest BCUT2D eigenvalue weighted by Crippen LogP contribution is 2.34. The van der Waals surface area contributed by atoms with E-state index in [-0.39, 0.29) is 22.7 Å². The first-order valence-corrected chi connectivity index (χ1v) is 5.99. The highest BCUT2D eigenvalue weighted by atomic mass is 16.4. The molecule has 0 radical (unpaired) electrons. The number of aryl methyl sites for hydroxylation is 1. The van der Waals surface area contributed by atoms with E-state index in [1.165, 1.54) is 12.1 Å². The van der Waals surface area contributed by atoms with E-state index in [1.807, 2.05) is 13.0 Å². The molecule has 0 aliphatic heterocycles. The zero-order valence-electron chi connectivity index (χ0n) is 10.6. The summed E-state index contributed by atoms with van der Waals surface area (Å²) in [6, 6.07) is 9.79. The molecule has 0 bridgehead atoms. The van der Waals surface area contributed by atoms with Gasteiger partial charge in [0.2, 0.25) is 5.89 Å². The van der Waals surface area contributed by atoms with E-state index >= 15 is 0 Å². The van der Waals surface area contributed by atoms with Crippen LogP contribution in [0.5, 0.6) is 5.75 Å². The average Bonchev–Trinajstić information content (AvgIpc) is 2.81. The molecular formula is C15H11NO4. The van der Waals surface area contributed by atoms with Gasteiger partial charge in [-0.3, -0.25) is 0 Å². The largest absolute Gasteiger partial charge is 0.507 e. The Labute approximate surface area is 114 Å². The van der Waals surface area contributed by atoms with Crippen LogP contribution in [0.2, 0.25) is 0 Å². The smallest absolute Gasteiger partial charge is 0.338 e. The van der Waals surface area contributed by atoms with Gasteiger partial charge in [-0.2, -0.15) is 0 Å². The van der Waals surface area contributed by atoms with E-state index < -0.39 is 5.97 Å². The van der Waals surface area contributed by atoms with Crippen LogP contribution in [0.4, 0.5) is 0 Å². The van der Waals surface area contributed by atoms with Crippen LogP contribution in [-0.2, 0) is 0 Å². The second-order valence-electron chi connectivity index (χ2n) is 4.45. The van der Waals surface area contributed by atoms with Gasteiger partial charge in [0, 0.05) is 0 Å². The Hall–Kier alpha value is -2.82. The summed E-state index contributed by atoms with van der Waals surface area (Å²) in [4.78, 5) is 15.4. The molecule has 0 atom stereocenters. The number of oxazole rings is 1. The maximum atomic E-state index is 11.2. The number of para-hydroxylation sites is 1. The van der Waals surface area contributed by atoms with E-state index in [9.17, 15) is 9.90 Å². The number of carbonyl (C=O) groups is 1. The predicted molar refractivity (Wildman–Crippen MR) is 72.8 cm³/mol. The van der Waals surface area contributed by atoms with Crippen molar-refractivity contribution in [2.24, 2.45) is 0 Å². The second-order valence-corrected chi connectivity index (χ2v) is 4.45. The monoisotopic (exact) mass is 269 g/mol. The molecule has 0 fully saturated rings. The Kier molecular flexibility index (Phi) is 2.68. The maximum absolute atomic E-state index is 11.2. The maximum Gasteiger partial charge on any atom is 0.338 e. The van der Waals surface area contributed by atoms with Gasteiger partial charge < -0.3 is 14.6 Å². The highest BCUT2D eigenvalue weighted by molar-refractivity contribution is 6.01. The summed E-state index contributed by atoms with van der Waals surface area (Å²) < 4.78 is 5.57. The van der Waals surface area contributed by atoms with Crippen molar-refractivity contribution in [1.82, 2.24) is 4.98 Å². The Morgan fingerprint density at radius 2 is 1.95 bits per heavy atom. The van der Waals surface area contributed by atoms with E-state index in [0.29, 0.717) is 11.1 Å². The van der Waals surface area contributed by atoms with Crippen molar-refractivity contribution >= 4 is 17.1 Å².